The number of nitrogens with two attached hydrogens (primary N) is 1. The number of hydrogen-bond donors (Lipinski definition) is 4. The molecule has 0 aliphatic carbocycles. The van der Waals surface area contributed by atoms with Gasteiger partial charge in [0, 0.05) is 32.2 Å². The molecule has 0 radical (unpaired) electrons. The first-order valence-electron chi connectivity index (χ1n) is 10.1. The normalized spacial score (nSPS) is 20.7. The molecule has 5 N–H and O–H groups in total. The van der Waals surface area contributed by atoms with Gasteiger partial charge in [-0.25, -0.2) is 9.97 Å². The lowest BCUT2D eigenvalue weighted by molar-refractivity contribution is -0.310. The second kappa shape index (κ2) is 8.68. The zero-order valence-electron chi connectivity index (χ0n) is 16.6. The van der Waals surface area contributed by atoms with Crippen LogP contribution < -0.4 is 20.3 Å². The number of aromatic nitrogens is 4. The number of rotatable bonds is 7. The minimum atomic E-state index is -2.85. The van der Waals surface area contributed by atoms with Gasteiger partial charge in [0.2, 0.25) is 5.95 Å². The lowest BCUT2D eigenvalue weighted by atomic mass is 9.98. The Labute approximate surface area is 173 Å². The summed E-state index contributed by atoms with van der Waals surface area (Å²) in [5.41, 5.74) is 5.93. The van der Waals surface area contributed by atoms with Crippen LogP contribution in [0, 0.1) is 5.92 Å². The molecule has 164 valence electrons. The van der Waals surface area contributed by atoms with Gasteiger partial charge in [-0.2, -0.15) is 4.98 Å². The minimum Gasteiger partial charge on any atom is -0.490 e. The van der Waals surface area contributed by atoms with E-state index in [0.29, 0.717) is 43.3 Å². The molecule has 0 bridgehead atoms. The van der Waals surface area contributed by atoms with Gasteiger partial charge in [-0.3, -0.25) is 0 Å². The van der Waals surface area contributed by atoms with E-state index < -0.39 is 12.4 Å². The molecule has 12 nitrogen and oxygen atoms in total. The highest BCUT2D eigenvalue weighted by atomic mass is 16.7. The van der Waals surface area contributed by atoms with Gasteiger partial charge in [0.15, 0.2) is 11.6 Å². The van der Waals surface area contributed by atoms with Crippen LogP contribution >= 0.6 is 0 Å². The number of ether oxygens (including phenoxy) is 1. The predicted molar refractivity (Wildman–Crippen MR) is 105 cm³/mol. The molecule has 2 fully saturated rings. The SMILES string of the molecule is NC1CCN(c2ncc(OCC3CCN(c4nc(CC(O)(O)O)no4)CC3)cn2)C1. The molecule has 4 rings (SSSR count). The lowest BCUT2D eigenvalue weighted by Gasteiger charge is -2.30. The molecule has 2 aliphatic heterocycles. The van der Waals surface area contributed by atoms with Crippen LogP contribution in [-0.4, -0.2) is 80.2 Å². The van der Waals surface area contributed by atoms with E-state index in [9.17, 15) is 0 Å². The van der Waals surface area contributed by atoms with Crippen LogP contribution in [0.5, 0.6) is 5.75 Å². The Morgan fingerprint density at radius 3 is 2.43 bits per heavy atom. The van der Waals surface area contributed by atoms with Crippen molar-refractivity contribution < 1.29 is 24.6 Å². The van der Waals surface area contributed by atoms with Crippen LogP contribution in [0.25, 0.3) is 0 Å². The molecule has 1 unspecified atom stereocenters. The van der Waals surface area contributed by atoms with E-state index in [-0.39, 0.29) is 11.9 Å². The number of anilines is 2. The maximum absolute atomic E-state index is 9.00. The molecule has 0 amide bonds. The van der Waals surface area contributed by atoms with E-state index in [1.807, 2.05) is 4.90 Å². The van der Waals surface area contributed by atoms with E-state index >= 15 is 0 Å². The standard InChI is InChI=1S/C18H27N7O5/c19-13-3-6-25(10-13)16-20-8-14(9-21-16)29-11-12-1-4-24(5-2-12)17-22-15(23-30-17)7-18(26,27)28/h8-9,12-13,26-28H,1-7,10-11,19H2. The Balaban J connectivity index is 1.21. The van der Waals surface area contributed by atoms with Crippen molar-refractivity contribution in [3.05, 3.63) is 18.2 Å². The highest BCUT2D eigenvalue weighted by Crippen LogP contribution is 2.24. The largest absolute Gasteiger partial charge is 0.490 e. The van der Waals surface area contributed by atoms with E-state index in [4.69, 9.17) is 30.3 Å². The van der Waals surface area contributed by atoms with Crippen molar-refractivity contribution >= 4 is 12.0 Å². The Morgan fingerprint density at radius 1 is 1.10 bits per heavy atom. The van der Waals surface area contributed by atoms with Crippen molar-refractivity contribution in [2.75, 3.05) is 42.6 Å². The summed E-state index contributed by atoms with van der Waals surface area (Å²) in [6, 6.07) is 0.487. The maximum atomic E-state index is 9.00. The second-order valence-corrected chi connectivity index (χ2v) is 7.90. The summed E-state index contributed by atoms with van der Waals surface area (Å²) in [7, 11) is 0. The molecule has 0 saturated carbocycles. The van der Waals surface area contributed by atoms with Crippen molar-refractivity contribution in [2.45, 2.75) is 37.7 Å². The molecule has 1 atom stereocenters. The molecule has 0 spiro atoms. The van der Waals surface area contributed by atoms with Crippen molar-refractivity contribution in [1.29, 1.82) is 0 Å². The third-order valence-corrected chi connectivity index (χ3v) is 5.35. The number of hydrogen-bond acceptors (Lipinski definition) is 12. The summed E-state index contributed by atoms with van der Waals surface area (Å²) in [6.45, 7) is 3.65. The summed E-state index contributed by atoms with van der Waals surface area (Å²) in [5.74, 6) is -1.12. The summed E-state index contributed by atoms with van der Waals surface area (Å²) >= 11 is 0. The average Bonchev–Trinajstić information content (AvgIpc) is 3.35. The van der Waals surface area contributed by atoms with Crippen LogP contribution in [0.4, 0.5) is 12.0 Å². The van der Waals surface area contributed by atoms with Crippen molar-refractivity contribution in [1.82, 2.24) is 20.1 Å². The summed E-state index contributed by atoms with van der Waals surface area (Å²) in [4.78, 5) is 16.9. The van der Waals surface area contributed by atoms with Crippen molar-refractivity contribution in [3.8, 4) is 5.75 Å². The van der Waals surface area contributed by atoms with Gasteiger partial charge in [0.25, 0.3) is 5.97 Å². The fraction of sp³-hybridized carbons (Fsp3) is 0.667. The number of nitrogens with zero attached hydrogens (tertiary/aromatic N) is 6. The molecule has 30 heavy (non-hydrogen) atoms. The predicted octanol–water partition coefficient (Wildman–Crippen LogP) is -1.13. The van der Waals surface area contributed by atoms with Gasteiger partial charge in [-0.15, -0.1) is 0 Å². The Hall–Kier alpha value is -2.54. The van der Waals surface area contributed by atoms with Crippen molar-refractivity contribution in [2.24, 2.45) is 11.7 Å². The fourth-order valence-corrected chi connectivity index (χ4v) is 3.68. The Morgan fingerprint density at radius 2 is 1.80 bits per heavy atom. The third-order valence-electron chi connectivity index (χ3n) is 5.35. The topological polar surface area (TPSA) is 167 Å². The summed E-state index contributed by atoms with van der Waals surface area (Å²) in [6.07, 6.45) is 5.59. The molecule has 4 heterocycles. The third kappa shape index (κ3) is 5.33. The highest BCUT2D eigenvalue weighted by molar-refractivity contribution is 5.33. The van der Waals surface area contributed by atoms with Gasteiger partial charge < -0.3 is 40.1 Å². The van der Waals surface area contributed by atoms with E-state index in [0.717, 1.165) is 32.4 Å². The van der Waals surface area contributed by atoms with Crippen molar-refractivity contribution in [3.63, 3.8) is 0 Å². The van der Waals surface area contributed by atoms with E-state index in [2.05, 4.69) is 25.0 Å². The molecule has 2 saturated heterocycles. The van der Waals surface area contributed by atoms with E-state index in [1.165, 1.54) is 0 Å². The van der Waals surface area contributed by atoms with E-state index in [1.54, 1.807) is 12.4 Å². The zero-order valence-corrected chi connectivity index (χ0v) is 16.6. The quantitative estimate of drug-likeness (QED) is 0.398. The lowest BCUT2D eigenvalue weighted by Crippen LogP contribution is -2.36. The van der Waals surface area contributed by atoms with Gasteiger partial charge in [-0.05, 0) is 25.2 Å². The molecule has 2 aromatic rings. The van der Waals surface area contributed by atoms with Crippen LogP contribution in [0.1, 0.15) is 25.1 Å². The summed E-state index contributed by atoms with van der Waals surface area (Å²) < 4.78 is 11.0. The first-order chi connectivity index (χ1) is 14.4. The zero-order chi connectivity index (χ0) is 21.1. The Bertz CT molecular complexity index is 817. The van der Waals surface area contributed by atoms with Gasteiger partial charge in [0.1, 0.15) is 0 Å². The van der Waals surface area contributed by atoms with Crippen LogP contribution in [0.15, 0.2) is 16.9 Å². The summed E-state index contributed by atoms with van der Waals surface area (Å²) in [5, 5.41) is 30.7. The average molecular weight is 421 g/mol. The van der Waals surface area contributed by atoms with Crippen LogP contribution in [0.2, 0.25) is 0 Å². The smallest absolute Gasteiger partial charge is 0.324 e. The monoisotopic (exact) mass is 421 g/mol. The number of aliphatic hydroxyl groups is 3. The van der Waals surface area contributed by atoms with Gasteiger partial charge in [0.05, 0.1) is 25.4 Å². The van der Waals surface area contributed by atoms with Crippen LogP contribution in [-0.2, 0) is 6.42 Å². The first-order valence-corrected chi connectivity index (χ1v) is 10.1. The molecule has 12 heteroatoms. The fourth-order valence-electron chi connectivity index (χ4n) is 3.68. The Kier molecular flexibility index (Phi) is 5.99. The second-order valence-electron chi connectivity index (χ2n) is 7.90. The van der Waals surface area contributed by atoms with Crippen LogP contribution in [0.3, 0.4) is 0 Å². The van der Waals surface area contributed by atoms with Gasteiger partial charge >= 0.3 is 6.01 Å². The molecule has 2 aliphatic rings. The highest BCUT2D eigenvalue weighted by Gasteiger charge is 2.27. The first kappa shape index (κ1) is 20.7. The molecular weight excluding hydrogens is 394 g/mol. The maximum Gasteiger partial charge on any atom is 0.324 e. The molecule has 2 aromatic heterocycles. The van der Waals surface area contributed by atoms with Gasteiger partial charge in [-0.1, -0.05) is 5.16 Å². The minimum absolute atomic E-state index is 0.0299. The number of piperidine rings is 1. The molecule has 0 aromatic carbocycles. The molecular formula is C18H27N7O5.